The van der Waals surface area contributed by atoms with Gasteiger partial charge in [-0.2, -0.15) is 0 Å². The Bertz CT molecular complexity index is 326. The SMILES string of the molecule is [CH2]C(C=C)c1cc(F)cc(C=C)c1. The molecule has 1 heteroatoms. The van der Waals surface area contributed by atoms with Gasteiger partial charge in [-0.1, -0.05) is 24.8 Å². The van der Waals surface area contributed by atoms with Crippen LogP contribution in [0.5, 0.6) is 0 Å². The molecule has 0 saturated heterocycles. The molecule has 1 radical (unpaired) electrons. The highest BCUT2D eigenvalue weighted by Crippen LogP contribution is 2.19. The Balaban J connectivity index is 3.14. The van der Waals surface area contributed by atoms with Gasteiger partial charge < -0.3 is 0 Å². The number of hydrogen-bond acceptors (Lipinski definition) is 0. The van der Waals surface area contributed by atoms with Crippen molar-refractivity contribution in [3.05, 3.63) is 61.3 Å². The Kier molecular flexibility index (Phi) is 3.02. The smallest absolute Gasteiger partial charge is 0.124 e. The predicted octanol–water partition coefficient (Wildman–Crippen LogP) is 3.57. The Hall–Kier alpha value is -1.37. The summed E-state index contributed by atoms with van der Waals surface area (Å²) in [4.78, 5) is 0. The van der Waals surface area contributed by atoms with Gasteiger partial charge in [0.15, 0.2) is 0 Å². The van der Waals surface area contributed by atoms with E-state index in [0.717, 1.165) is 11.1 Å². The quantitative estimate of drug-likeness (QED) is 0.616. The first-order chi connectivity index (χ1) is 6.17. The number of allylic oxidation sites excluding steroid dienone is 1. The monoisotopic (exact) mass is 175 g/mol. The summed E-state index contributed by atoms with van der Waals surface area (Å²) in [6.45, 7) is 11.0. The fourth-order valence-electron chi connectivity index (χ4n) is 1.10. The van der Waals surface area contributed by atoms with Gasteiger partial charge in [-0.05, 0) is 30.2 Å². The van der Waals surface area contributed by atoms with E-state index >= 15 is 0 Å². The minimum atomic E-state index is -0.261. The summed E-state index contributed by atoms with van der Waals surface area (Å²) >= 11 is 0. The van der Waals surface area contributed by atoms with E-state index in [2.05, 4.69) is 20.1 Å². The van der Waals surface area contributed by atoms with Crippen molar-refractivity contribution in [1.29, 1.82) is 0 Å². The molecule has 1 atom stereocenters. The summed E-state index contributed by atoms with van der Waals surface area (Å²) in [6, 6.07) is 4.76. The molecule has 0 nitrogen and oxygen atoms in total. The average Bonchev–Trinajstić information content (AvgIpc) is 2.15. The lowest BCUT2D eigenvalue weighted by Crippen LogP contribution is -1.91. The van der Waals surface area contributed by atoms with E-state index in [1.54, 1.807) is 12.2 Å². The van der Waals surface area contributed by atoms with Crippen LogP contribution >= 0.6 is 0 Å². The lowest BCUT2D eigenvalue weighted by Gasteiger charge is -2.07. The van der Waals surface area contributed by atoms with Crippen molar-refractivity contribution in [2.45, 2.75) is 5.92 Å². The molecule has 1 unspecified atom stereocenters. The Morgan fingerprint density at radius 1 is 1.23 bits per heavy atom. The van der Waals surface area contributed by atoms with Gasteiger partial charge in [-0.25, -0.2) is 4.39 Å². The highest BCUT2D eigenvalue weighted by atomic mass is 19.1. The van der Waals surface area contributed by atoms with E-state index in [1.807, 2.05) is 6.07 Å². The average molecular weight is 175 g/mol. The number of benzene rings is 1. The van der Waals surface area contributed by atoms with Crippen LogP contribution in [0.25, 0.3) is 6.08 Å². The first-order valence-corrected chi connectivity index (χ1v) is 4.06. The summed E-state index contributed by atoms with van der Waals surface area (Å²) in [7, 11) is 0. The van der Waals surface area contributed by atoms with E-state index in [0.29, 0.717) is 0 Å². The van der Waals surface area contributed by atoms with Crippen LogP contribution in [0.2, 0.25) is 0 Å². The van der Waals surface area contributed by atoms with Crippen molar-refractivity contribution in [3.8, 4) is 0 Å². The molecular formula is C12H12F. The first-order valence-electron chi connectivity index (χ1n) is 4.06. The van der Waals surface area contributed by atoms with Gasteiger partial charge in [-0.15, -0.1) is 6.58 Å². The standard InChI is InChI=1S/C12H12F/c1-4-9(3)11-6-10(5-2)7-12(13)8-11/h4-9H,1-3H2. The molecule has 1 aromatic rings. The molecule has 0 aliphatic heterocycles. The maximum absolute atomic E-state index is 13.0. The largest absolute Gasteiger partial charge is 0.207 e. The second-order valence-corrected chi connectivity index (χ2v) is 2.86. The van der Waals surface area contributed by atoms with E-state index in [9.17, 15) is 4.39 Å². The van der Waals surface area contributed by atoms with E-state index in [1.165, 1.54) is 12.1 Å². The third-order valence-electron chi connectivity index (χ3n) is 1.89. The Morgan fingerprint density at radius 3 is 2.46 bits per heavy atom. The molecule has 1 rings (SSSR count). The molecule has 0 aromatic heterocycles. The molecular weight excluding hydrogens is 163 g/mol. The zero-order chi connectivity index (χ0) is 9.84. The normalized spacial score (nSPS) is 12.2. The van der Waals surface area contributed by atoms with Crippen molar-refractivity contribution < 1.29 is 4.39 Å². The molecule has 0 fully saturated rings. The molecule has 0 aliphatic carbocycles. The summed E-state index contributed by atoms with van der Waals surface area (Å²) < 4.78 is 13.0. The molecule has 0 heterocycles. The van der Waals surface area contributed by atoms with Gasteiger partial charge >= 0.3 is 0 Å². The van der Waals surface area contributed by atoms with Gasteiger partial charge in [0, 0.05) is 5.92 Å². The highest BCUT2D eigenvalue weighted by Gasteiger charge is 2.03. The minimum Gasteiger partial charge on any atom is -0.207 e. The van der Waals surface area contributed by atoms with Crippen LogP contribution in [-0.4, -0.2) is 0 Å². The van der Waals surface area contributed by atoms with Gasteiger partial charge in [0.05, 0.1) is 0 Å². The van der Waals surface area contributed by atoms with E-state index in [-0.39, 0.29) is 11.7 Å². The molecule has 0 saturated carbocycles. The van der Waals surface area contributed by atoms with Crippen LogP contribution in [0.4, 0.5) is 4.39 Å². The van der Waals surface area contributed by atoms with Gasteiger partial charge in [0.1, 0.15) is 5.82 Å². The second kappa shape index (κ2) is 4.04. The molecule has 0 aliphatic rings. The van der Waals surface area contributed by atoms with Crippen LogP contribution in [0, 0.1) is 12.7 Å². The zero-order valence-electron chi connectivity index (χ0n) is 7.46. The van der Waals surface area contributed by atoms with Gasteiger partial charge in [0.2, 0.25) is 0 Å². The molecule has 1 aromatic carbocycles. The van der Waals surface area contributed by atoms with Crippen LogP contribution < -0.4 is 0 Å². The summed E-state index contributed by atoms with van der Waals surface area (Å²) in [6.07, 6.45) is 3.30. The van der Waals surface area contributed by atoms with E-state index < -0.39 is 0 Å². The van der Waals surface area contributed by atoms with E-state index in [4.69, 9.17) is 0 Å². The van der Waals surface area contributed by atoms with Crippen LogP contribution in [-0.2, 0) is 0 Å². The number of hydrogen-bond donors (Lipinski definition) is 0. The van der Waals surface area contributed by atoms with Crippen molar-refractivity contribution in [3.63, 3.8) is 0 Å². The second-order valence-electron chi connectivity index (χ2n) is 2.86. The van der Waals surface area contributed by atoms with Crippen LogP contribution in [0.3, 0.4) is 0 Å². The lowest BCUT2D eigenvalue weighted by molar-refractivity contribution is 0.625. The maximum atomic E-state index is 13.0. The summed E-state index contributed by atoms with van der Waals surface area (Å²) in [5.41, 5.74) is 1.59. The molecule has 67 valence electrons. The minimum absolute atomic E-state index is 0.0746. The predicted molar refractivity (Wildman–Crippen MR) is 54.8 cm³/mol. The number of rotatable bonds is 3. The summed E-state index contributed by atoms with van der Waals surface area (Å²) in [5.74, 6) is -0.336. The first kappa shape index (κ1) is 9.72. The lowest BCUT2D eigenvalue weighted by atomic mass is 9.99. The molecule has 0 bridgehead atoms. The number of halogens is 1. The van der Waals surface area contributed by atoms with Crippen LogP contribution in [0.1, 0.15) is 17.0 Å². The Morgan fingerprint density at radius 2 is 1.92 bits per heavy atom. The van der Waals surface area contributed by atoms with Crippen molar-refractivity contribution in [1.82, 2.24) is 0 Å². The fourth-order valence-corrected chi connectivity index (χ4v) is 1.10. The summed E-state index contributed by atoms with van der Waals surface area (Å²) in [5, 5.41) is 0. The van der Waals surface area contributed by atoms with Crippen LogP contribution in [0.15, 0.2) is 37.4 Å². The fraction of sp³-hybridized carbons (Fsp3) is 0.0833. The third-order valence-corrected chi connectivity index (χ3v) is 1.89. The van der Waals surface area contributed by atoms with Crippen molar-refractivity contribution in [2.24, 2.45) is 0 Å². The van der Waals surface area contributed by atoms with Crippen molar-refractivity contribution in [2.75, 3.05) is 0 Å². The van der Waals surface area contributed by atoms with Gasteiger partial charge in [0.25, 0.3) is 0 Å². The zero-order valence-corrected chi connectivity index (χ0v) is 7.46. The third kappa shape index (κ3) is 2.28. The van der Waals surface area contributed by atoms with Gasteiger partial charge in [-0.3, -0.25) is 0 Å². The van der Waals surface area contributed by atoms with Crippen molar-refractivity contribution >= 4 is 6.08 Å². The molecule has 0 N–H and O–H groups in total. The molecule has 0 spiro atoms. The highest BCUT2D eigenvalue weighted by molar-refractivity contribution is 5.49. The molecule has 0 amide bonds. The maximum Gasteiger partial charge on any atom is 0.124 e. The molecule has 13 heavy (non-hydrogen) atoms. The topological polar surface area (TPSA) is 0 Å². The Labute approximate surface area is 78.4 Å².